The van der Waals surface area contributed by atoms with Crippen LogP contribution < -0.4 is 10.6 Å². The second-order valence-electron chi connectivity index (χ2n) is 6.07. The van der Waals surface area contributed by atoms with Gasteiger partial charge in [0.1, 0.15) is 0 Å². The Balaban J connectivity index is 0.00000261. The summed E-state index contributed by atoms with van der Waals surface area (Å²) in [6.45, 7) is 4.82. The van der Waals surface area contributed by atoms with Gasteiger partial charge in [-0.15, -0.1) is 35.3 Å². The summed E-state index contributed by atoms with van der Waals surface area (Å²) in [6, 6.07) is 12.4. The van der Waals surface area contributed by atoms with Gasteiger partial charge in [0, 0.05) is 36.6 Å². The van der Waals surface area contributed by atoms with Crippen LogP contribution in [0.25, 0.3) is 0 Å². The van der Waals surface area contributed by atoms with Gasteiger partial charge in [0.2, 0.25) is 0 Å². The number of ether oxygens (including phenoxy) is 1. The molecule has 1 aliphatic rings. The zero-order chi connectivity index (χ0) is 18.2. The van der Waals surface area contributed by atoms with E-state index in [9.17, 15) is 0 Å². The zero-order valence-corrected chi connectivity index (χ0v) is 19.3. The molecule has 148 valence electrons. The number of guanidine groups is 1. The van der Waals surface area contributed by atoms with Crippen molar-refractivity contribution < 1.29 is 4.74 Å². The molecule has 0 radical (unpaired) electrons. The summed E-state index contributed by atoms with van der Waals surface area (Å²) in [7, 11) is 1.79. The van der Waals surface area contributed by atoms with E-state index in [0.717, 1.165) is 55.9 Å². The first-order valence-electron chi connectivity index (χ1n) is 8.81. The summed E-state index contributed by atoms with van der Waals surface area (Å²) in [5.41, 5.74) is 1.14. The van der Waals surface area contributed by atoms with Crippen LogP contribution in [-0.4, -0.2) is 50.8 Å². The van der Waals surface area contributed by atoms with Crippen molar-refractivity contribution in [2.45, 2.75) is 12.6 Å². The van der Waals surface area contributed by atoms with Gasteiger partial charge in [-0.3, -0.25) is 9.89 Å². The molecule has 1 unspecified atom stereocenters. The maximum atomic E-state index is 6.49. The van der Waals surface area contributed by atoms with Gasteiger partial charge in [0.05, 0.1) is 25.8 Å². The maximum absolute atomic E-state index is 6.49. The van der Waals surface area contributed by atoms with Crippen LogP contribution in [0.1, 0.15) is 16.5 Å². The van der Waals surface area contributed by atoms with Gasteiger partial charge in [0.15, 0.2) is 5.96 Å². The predicted molar refractivity (Wildman–Crippen MR) is 125 cm³/mol. The fourth-order valence-corrected chi connectivity index (χ4v) is 3.97. The number of nitrogens with zero attached hydrogens (tertiary/aromatic N) is 2. The lowest BCUT2D eigenvalue weighted by Gasteiger charge is -2.35. The number of rotatable bonds is 6. The molecule has 0 spiro atoms. The third kappa shape index (κ3) is 6.60. The minimum absolute atomic E-state index is 0. The van der Waals surface area contributed by atoms with E-state index >= 15 is 0 Å². The lowest BCUT2D eigenvalue weighted by Crippen LogP contribution is -2.46. The Bertz CT molecular complexity index is 707. The van der Waals surface area contributed by atoms with Gasteiger partial charge in [-0.05, 0) is 23.1 Å². The Labute approximate surface area is 187 Å². The van der Waals surface area contributed by atoms with Crippen molar-refractivity contribution in [1.82, 2.24) is 15.5 Å². The first-order valence-corrected chi connectivity index (χ1v) is 10.1. The van der Waals surface area contributed by atoms with Gasteiger partial charge < -0.3 is 15.4 Å². The standard InChI is InChI=1S/C19H25ClN4OS.HI/c1-21-19(22-13-15-5-4-12-26-15)23-14-18(24-8-10-25-11-9-24)16-6-2-3-7-17(16)20;/h2-7,12,18H,8-11,13-14H2,1H3,(H2,21,22,23);1H. The van der Waals surface area contributed by atoms with Crippen molar-refractivity contribution in [3.63, 3.8) is 0 Å². The number of hydrogen-bond donors (Lipinski definition) is 2. The third-order valence-corrected chi connectivity index (χ3v) is 5.67. The predicted octanol–water partition coefficient (Wildman–Crippen LogP) is 3.76. The van der Waals surface area contributed by atoms with E-state index in [-0.39, 0.29) is 30.0 Å². The Kier molecular flexibility index (Phi) is 9.84. The molecule has 2 N–H and O–H groups in total. The van der Waals surface area contributed by atoms with E-state index in [1.165, 1.54) is 4.88 Å². The molecule has 0 aliphatic carbocycles. The van der Waals surface area contributed by atoms with E-state index in [1.54, 1.807) is 18.4 Å². The third-order valence-electron chi connectivity index (χ3n) is 4.45. The van der Waals surface area contributed by atoms with Crippen molar-refractivity contribution in [3.8, 4) is 0 Å². The first kappa shape index (κ1) is 22.4. The highest BCUT2D eigenvalue weighted by Gasteiger charge is 2.24. The molecule has 2 heterocycles. The smallest absolute Gasteiger partial charge is 0.191 e. The topological polar surface area (TPSA) is 48.9 Å². The highest BCUT2D eigenvalue weighted by Crippen LogP contribution is 2.27. The van der Waals surface area contributed by atoms with Gasteiger partial charge in [-0.25, -0.2) is 0 Å². The van der Waals surface area contributed by atoms with Crippen LogP contribution in [0.4, 0.5) is 0 Å². The van der Waals surface area contributed by atoms with Gasteiger partial charge >= 0.3 is 0 Å². The van der Waals surface area contributed by atoms with Crippen molar-refractivity contribution in [3.05, 3.63) is 57.2 Å². The molecule has 0 amide bonds. The number of nitrogens with one attached hydrogen (secondary N) is 2. The summed E-state index contributed by atoms with van der Waals surface area (Å²) in [5.74, 6) is 0.795. The van der Waals surface area contributed by atoms with Crippen LogP contribution in [0.5, 0.6) is 0 Å². The van der Waals surface area contributed by atoms with Crippen molar-refractivity contribution in [1.29, 1.82) is 0 Å². The van der Waals surface area contributed by atoms with E-state index in [0.29, 0.717) is 0 Å². The highest BCUT2D eigenvalue weighted by atomic mass is 127. The normalized spacial score (nSPS) is 16.4. The molecule has 5 nitrogen and oxygen atoms in total. The number of morpholine rings is 1. The molecule has 0 bridgehead atoms. The lowest BCUT2D eigenvalue weighted by atomic mass is 10.0. The number of aliphatic imine (C=N–C) groups is 1. The molecular weight excluding hydrogens is 495 g/mol. The second kappa shape index (κ2) is 11.9. The van der Waals surface area contributed by atoms with Crippen molar-refractivity contribution in [2.75, 3.05) is 39.9 Å². The zero-order valence-electron chi connectivity index (χ0n) is 15.4. The minimum Gasteiger partial charge on any atom is -0.379 e. The Morgan fingerprint density at radius 2 is 2.00 bits per heavy atom. The van der Waals surface area contributed by atoms with Gasteiger partial charge in [-0.1, -0.05) is 35.9 Å². The number of benzene rings is 1. The number of thiophene rings is 1. The molecule has 1 aromatic heterocycles. The summed E-state index contributed by atoms with van der Waals surface area (Å²) in [4.78, 5) is 8.05. The monoisotopic (exact) mass is 520 g/mol. The number of hydrogen-bond acceptors (Lipinski definition) is 4. The van der Waals surface area contributed by atoms with E-state index in [1.807, 2.05) is 18.2 Å². The number of halogens is 2. The molecule has 8 heteroatoms. The molecule has 1 fully saturated rings. The summed E-state index contributed by atoms with van der Waals surface area (Å²) >= 11 is 8.22. The van der Waals surface area contributed by atoms with Crippen LogP contribution in [0.2, 0.25) is 5.02 Å². The summed E-state index contributed by atoms with van der Waals surface area (Å²) in [6.07, 6.45) is 0. The van der Waals surface area contributed by atoms with Crippen LogP contribution in [0.3, 0.4) is 0 Å². The average molecular weight is 521 g/mol. The van der Waals surface area contributed by atoms with Gasteiger partial charge in [-0.2, -0.15) is 0 Å². The molecule has 27 heavy (non-hydrogen) atoms. The van der Waals surface area contributed by atoms with E-state index in [4.69, 9.17) is 16.3 Å². The molecule has 0 saturated carbocycles. The fraction of sp³-hybridized carbons (Fsp3) is 0.421. The van der Waals surface area contributed by atoms with Crippen LogP contribution in [0, 0.1) is 0 Å². The summed E-state index contributed by atoms with van der Waals surface area (Å²) < 4.78 is 5.51. The quantitative estimate of drug-likeness (QED) is 0.346. The SMILES string of the molecule is CN=C(NCc1cccs1)NCC(c1ccccc1Cl)N1CCOCC1.I. The van der Waals surface area contributed by atoms with Gasteiger partial charge in [0.25, 0.3) is 0 Å². The molecule has 1 aromatic carbocycles. The van der Waals surface area contributed by atoms with Crippen LogP contribution in [-0.2, 0) is 11.3 Å². The van der Waals surface area contributed by atoms with Crippen molar-refractivity contribution >= 4 is 52.9 Å². The molecule has 2 aromatic rings. The Morgan fingerprint density at radius 3 is 2.67 bits per heavy atom. The molecule has 3 rings (SSSR count). The Morgan fingerprint density at radius 1 is 1.22 bits per heavy atom. The average Bonchev–Trinajstić information content (AvgIpc) is 3.20. The highest BCUT2D eigenvalue weighted by molar-refractivity contribution is 14.0. The molecule has 1 aliphatic heterocycles. The largest absolute Gasteiger partial charge is 0.379 e. The van der Waals surface area contributed by atoms with Crippen LogP contribution >= 0.6 is 46.9 Å². The molecular formula is C19H26ClIN4OS. The van der Waals surface area contributed by atoms with E-state index in [2.05, 4.69) is 44.1 Å². The van der Waals surface area contributed by atoms with Crippen LogP contribution in [0.15, 0.2) is 46.8 Å². The van der Waals surface area contributed by atoms with Crippen molar-refractivity contribution in [2.24, 2.45) is 4.99 Å². The molecule has 1 atom stereocenters. The summed E-state index contributed by atoms with van der Waals surface area (Å²) in [5, 5.41) is 9.71. The first-order chi connectivity index (χ1) is 12.8. The fourth-order valence-electron chi connectivity index (χ4n) is 3.07. The van der Waals surface area contributed by atoms with E-state index < -0.39 is 0 Å². The lowest BCUT2D eigenvalue weighted by molar-refractivity contribution is 0.0170. The second-order valence-corrected chi connectivity index (χ2v) is 7.51. The molecule has 1 saturated heterocycles. The minimum atomic E-state index is 0. The maximum Gasteiger partial charge on any atom is 0.191 e. The Hall–Kier alpha value is -0.870.